The number of nitrogens with two attached hydrogens (primary N) is 1. The predicted molar refractivity (Wildman–Crippen MR) is 61.5 cm³/mol. The number of rotatable bonds is 3. The first-order valence-electron chi connectivity index (χ1n) is 4.80. The van der Waals surface area contributed by atoms with E-state index < -0.39 is 0 Å². The van der Waals surface area contributed by atoms with Gasteiger partial charge in [0.15, 0.2) is 0 Å². The van der Waals surface area contributed by atoms with E-state index in [1.165, 1.54) is 0 Å². The molecule has 0 aliphatic heterocycles. The maximum Gasteiger partial charge on any atom is 0.125 e. The van der Waals surface area contributed by atoms with Crippen LogP contribution in [0.3, 0.4) is 0 Å². The first-order chi connectivity index (χ1) is 7.25. The van der Waals surface area contributed by atoms with Crippen molar-refractivity contribution in [3.63, 3.8) is 0 Å². The van der Waals surface area contributed by atoms with Gasteiger partial charge in [0.05, 0.1) is 6.54 Å². The van der Waals surface area contributed by atoms with Crippen LogP contribution in [0.2, 0.25) is 0 Å². The van der Waals surface area contributed by atoms with Crippen LogP contribution in [0.15, 0.2) is 36.7 Å². The summed E-state index contributed by atoms with van der Waals surface area (Å²) in [5, 5.41) is 0. The number of hydrogen-bond acceptors (Lipinski definition) is 3. The van der Waals surface area contributed by atoms with Crippen LogP contribution in [0.1, 0.15) is 5.82 Å². The molecule has 0 aliphatic rings. The molecule has 0 saturated heterocycles. The van der Waals surface area contributed by atoms with Gasteiger partial charge < -0.3 is 15.6 Å². The molecule has 4 nitrogen and oxygen atoms in total. The normalized spacial score (nSPS) is 10.2. The van der Waals surface area contributed by atoms with Gasteiger partial charge >= 0.3 is 0 Å². The summed E-state index contributed by atoms with van der Waals surface area (Å²) < 4.78 is 0. The van der Waals surface area contributed by atoms with Crippen LogP contribution >= 0.6 is 0 Å². The first-order valence-corrected chi connectivity index (χ1v) is 4.80. The lowest BCUT2D eigenvalue weighted by Gasteiger charge is -2.17. The second-order valence-corrected chi connectivity index (χ2v) is 3.48. The van der Waals surface area contributed by atoms with Gasteiger partial charge in [-0.3, -0.25) is 0 Å². The Morgan fingerprint density at radius 2 is 2.07 bits per heavy atom. The minimum absolute atomic E-state index is 0.761. The number of H-pyrrole nitrogens is 1. The highest BCUT2D eigenvalue weighted by Gasteiger charge is 2.02. The molecule has 15 heavy (non-hydrogen) atoms. The lowest BCUT2D eigenvalue weighted by atomic mass is 10.2. The molecule has 1 aromatic carbocycles. The third-order valence-corrected chi connectivity index (χ3v) is 2.28. The molecule has 0 bridgehead atoms. The van der Waals surface area contributed by atoms with Crippen molar-refractivity contribution in [3.8, 4) is 0 Å². The zero-order valence-corrected chi connectivity index (χ0v) is 8.64. The highest BCUT2D eigenvalue weighted by molar-refractivity contribution is 5.52. The molecule has 1 heterocycles. The van der Waals surface area contributed by atoms with Gasteiger partial charge in [-0.25, -0.2) is 4.98 Å². The minimum Gasteiger partial charge on any atom is -0.399 e. The van der Waals surface area contributed by atoms with Crippen molar-refractivity contribution in [1.29, 1.82) is 0 Å². The standard InChI is InChI=1S/C11H14N4/c1-15(8-11-13-6-7-14-11)10-4-2-9(12)3-5-10/h2-7H,8,12H2,1H3,(H,13,14). The zero-order chi connectivity index (χ0) is 10.7. The molecule has 0 amide bonds. The Morgan fingerprint density at radius 1 is 1.33 bits per heavy atom. The third-order valence-electron chi connectivity index (χ3n) is 2.28. The fraction of sp³-hybridized carbons (Fsp3) is 0.182. The van der Waals surface area contributed by atoms with E-state index in [9.17, 15) is 0 Å². The topological polar surface area (TPSA) is 57.9 Å². The second-order valence-electron chi connectivity index (χ2n) is 3.48. The summed E-state index contributed by atoms with van der Waals surface area (Å²) in [5.41, 5.74) is 7.53. The highest BCUT2D eigenvalue weighted by Crippen LogP contribution is 2.15. The number of aromatic nitrogens is 2. The van der Waals surface area contributed by atoms with E-state index in [0.29, 0.717) is 0 Å². The second kappa shape index (κ2) is 4.04. The van der Waals surface area contributed by atoms with Gasteiger partial charge in [-0.15, -0.1) is 0 Å². The number of imidazole rings is 1. The van der Waals surface area contributed by atoms with E-state index in [4.69, 9.17) is 5.73 Å². The van der Waals surface area contributed by atoms with Crippen molar-refractivity contribution in [2.45, 2.75) is 6.54 Å². The highest BCUT2D eigenvalue weighted by atomic mass is 15.1. The molecule has 0 aliphatic carbocycles. The molecular formula is C11H14N4. The quantitative estimate of drug-likeness (QED) is 0.744. The maximum absolute atomic E-state index is 5.63. The maximum atomic E-state index is 5.63. The summed E-state index contributed by atoms with van der Waals surface area (Å²) in [6.07, 6.45) is 3.58. The van der Waals surface area contributed by atoms with Crippen molar-refractivity contribution in [2.24, 2.45) is 0 Å². The van der Waals surface area contributed by atoms with Gasteiger partial charge in [-0.05, 0) is 24.3 Å². The number of nitrogens with one attached hydrogen (secondary N) is 1. The number of nitrogen functional groups attached to an aromatic ring is 1. The summed E-state index contributed by atoms with van der Waals surface area (Å²) in [6.45, 7) is 0.761. The van der Waals surface area contributed by atoms with Crippen molar-refractivity contribution in [3.05, 3.63) is 42.5 Å². The van der Waals surface area contributed by atoms with E-state index in [-0.39, 0.29) is 0 Å². The largest absolute Gasteiger partial charge is 0.399 e. The van der Waals surface area contributed by atoms with Crippen LogP contribution in [-0.4, -0.2) is 17.0 Å². The first kappa shape index (κ1) is 9.58. The van der Waals surface area contributed by atoms with E-state index in [1.54, 1.807) is 6.20 Å². The average molecular weight is 202 g/mol. The minimum atomic E-state index is 0.761. The summed E-state index contributed by atoms with van der Waals surface area (Å²) in [7, 11) is 2.02. The molecule has 4 heteroatoms. The summed E-state index contributed by atoms with van der Waals surface area (Å²) in [6, 6.07) is 7.79. The molecule has 0 unspecified atom stereocenters. The van der Waals surface area contributed by atoms with Gasteiger partial charge in [0.25, 0.3) is 0 Å². The fourth-order valence-corrected chi connectivity index (χ4v) is 1.43. The van der Waals surface area contributed by atoms with Crippen LogP contribution in [-0.2, 0) is 6.54 Å². The van der Waals surface area contributed by atoms with Crippen molar-refractivity contribution in [2.75, 3.05) is 17.7 Å². The molecule has 0 saturated carbocycles. The van der Waals surface area contributed by atoms with E-state index >= 15 is 0 Å². The summed E-state index contributed by atoms with van der Waals surface area (Å²) in [4.78, 5) is 9.36. The van der Waals surface area contributed by atoms with Crippen LogP contribution in [0.25, 0.3) is 0 Å². The zero-order valence-electron chi connectivity index (χ0n) is 8.64. The van der Waals surface area contributed by atoms with Crippen LogP contribution in [0, 0.1) is 0 Å². The third kappa shape index (κ3) is 2.28. The molecule has 1 aromatic heterocycles. The number of anilines is 2. The van der Waals surface area contributed by atoms with Crippen LogP contribution in [0.5, 0.6) is 0 Å². The van der Waals surface area contributed by atoms with Crippen molar-refractivity contribution >= 4 is 11.4 Å². The Bertz CT molecular complexity index is 405. The number of aromatic amines is 1. The molecule has 2 rings (SSSR count). The van der Waals surface area contributed by atoms with Gasteiger partial charge in [-0.1, -0.05) is 0 Å². The average Bonchev–Trinajstić information content (AvgIpc) is 2.71. The Morgan fingerprint density at radius 3 is 2.67 bits per heavy atom. The van der Waals surface area contributed by atoms with Gasteiger partial charge in [-0.2, -0.15) is 0 Å². The van der Waals surface area contributed by atoms with E-state index in [2.05, 4.69) is 14.9 Å². The van der Waals surface area contributed by atoms with Crippen LogP contribution in [0.4, 0.5) is 11.4 Å². The Kier molecular flexibility index (Phi) is 2.58. The predicted octanol–water partition coefficient (Wildman–Crippen LogP) is 1.63. The smallest absolute Gasteiger partial charge is 0.125 e. The van der Waals surface area contributed by atoms with Crippen molar-refractivity contribution < 1.29 is 0 Å². The molecule has 78 valence electrons. The van der Waals surface area contributed by atoms with E-state index in [0.717, 1.165) is 23.7 Å². The SMILES string of the molecule is CN(Cc1ncc[nH]1)c1ccc(N)cc1. The Balaban J connectivity index is 2.08. The monoisotopic (exact) mass is 202 g/mol. The molecule has 0 atom stereocenters. The Labute approximate surface area is 88.7 Å². The fourth-order valence-electron chi connectivity index (χ4n) is 1.43. The molecule has 0 fully saturated rings. The lowest BCUT2D eigenvalue weighted by Crippen LogP contribution is -2.17. The Hall–Kier alpha value is -1.97. The molecule has 2 aromatic rings. The number of hydrogen-bond donors (Lipinski definition) is 2. The van der Waals surface area contributed by atoms with Crippen LogP contribution < -0.4 is 10.6 Å². The molecule has 3 N–H and O–H groups in total. The van der Waals surface area contributed by atoms with Crippen molar-refractivity contribution in [1.82, 2.24) is 9.97 Å². The molecule has 0 radical (unpaired) electrons. The molecular weight excluding hydrogens is 188 g/mol. The van der Waals surface area contributed by atoms with Gasteiger partial charge in [0.1, 0.15) is 5.82 Å². The summed E-state index contributed by atoms with van der Waals surface area (Å²) in [5.74, 6) is 0.953. The summed E-state index contributed by atoms with van der Waals surface area (Å²) >= 11 is 0. The molecule has 0 spiro atoms. The number of benzene rings is 1. The number of nitrogens with zero attached hydrogens (tertiary/aromatic N) is 2. The lowest BCUT2D eigenvalue weighted by molar-refractivity contribution is 0.860. The van der Waals surface area contributed by atoms with Gasteiger partial charge in [0, 0.05) is 30.8 Å². The van der Waals surface area contributed by atoms with E-state index in [1.807, 2.05) is 37.5 Å². The van der Waals surface area contributed by atoms with Gasteiger partial charge in [0.2, 0.25) is 0 Å².